The molecule has 0 saturated heterocycles. The molecule has 1 aromatic carbocycles. The fourth-order valence-electron chi connectivity index (χ4n) is 2.69. The topological polar surface area (TPSA) is 205 Å². The van der Waals surface area contributed by atoms with Crippen molar-refractivity contribution in [2.45, 2.75) is 38.7 Å². The first-order valence-corrected chi connectivity index (χ1v) is 10.4. The van der Waals surface area contributed by atoms with E-state index in [0.29, 0.717) is 5.56 Å². The first-order chi connectivity index (χ1) is 17.6. The van der Waals surface area contributed by atoms with Crippen LogP contribution in [0.1, 0.15) is 35.5 Å². The van der Waals surface area contributed by atoms with Crippen molar-refractivity contribution in [2.75, 3.05) is 12.3 Å². The highest BCUT2D eigenvalue weighted by Gasteiger charge is 2.60. The summed E-state index contributed by atoms with van der Waals surface area (Å²) in [5, 5.41) is 28.8. The summed E-state index contributed by atoms with van der Waals surface area (Å²) in [6.07, 6.45) is -9.33. The number of aliphatic hydroxyl groups is 1. The largest absolute Gasteiger partial charge is 0.490 e. The number of alkyl halides is 6. The Bertz CT molecular complexity index is 1310. The Labute approximate surface area is 216 Å². The molecule has 39 heavy (non-hydrogen) atoms. The average molecular weight is 564 g/mol. The third-order valence-corrected chi connectivity index (χ3v) is 4.95. The fraction of sp³-hybridized carbons (Fsp3) is 0.364. The highest BCUT2D eigenvalue weighted by Crippen LogP contribution is 2.40. The summed E-state index contributed by atoms with van der Waals surface area (Å²) in [5.41, 5.74) is 5.10. The number of aromatic nitrogens is 2. The predicted molar refractivity (Wildman–Crippen MR) is 121 cm³/mol. The first kappa shape index (κ1) is 32.6. The van der Waals surface area contributed by atoms with E-state index >= 15 is 0 Å². The van der Waals surface area contributed by atoms with E-state index in [1.165, 1.54) is 6.07 Å². The van der Waals surface area contributed by atoms with Gasteiger partial charge >= 0.3 is 18.3 Å². The highest BCUT2D eigenvalue weighted by atomic mass is 19.4. The lowest BCUT2D eigenvalue weighted by Gasteiger charge is -2.28. The maximum Gasteiger partial charge on any atom is 0.490 e. The number of amides is 2. The number of nitrogen functional groups attached to an aromatic ring is 1. The van der Waals surface area contributed by atoms with Gasteiger partial charge in [0.05, 0.1) is 23.4 Å². The number of carbonyl (C=O) groups is 3. The van der Waals surface area contributed by atoms with Crippen LogP contribution in [0.15, 0.2) is 24.4 Å². The molecule has 17 heteroatoms. The molecule has 0 saturated carbocycles. The van der Waals surface area contributed by atoms with Gasteiger partial charge in [-0.15, -0.1) is 0 Å². The van der Waals surface area contributed by atoms with E-state index in [1.807, 2.05) is 6.07 Å². The molecule has 0 spiro atoms. The van der Waals surface area contributed by atoms with Crippen molar-refractivity contribution in [1.82, 2.24) is 15.3 Å². The second-order valence-corrected chi connectivity index (χ2v) is 8.57. The van der Waals surface area contributed by atoms with Crippen LogP contribution in [0.3, 0.4) is 0 Å². The van der Waals surface area contributed by atoms with Crippen LogP contribution in [0.4, 0.5) is 32.2 Å². The lowest BCUT2D eigenvalue weighted by Crippen LogP contribution is -2.52. The van der Waals surface area contributed by atoms with Crippen molar-refractivity contribution in [3.05, 3.63) is 41.2 Å². The number of rotatable bonds is 6. The van der Waals surface area contributed by atoms with Gasteiger partial charge in [0.2, 0.25) is 0 Å². The molecule has 212 valence electrons. The van der Waals surface area contributed by atoms with Gasteiger partial charge in [-0.1, -0.05) is 12.1 Å². The maximum atomic E-state index is 13.4. The quantitative estimate of drug-likeness (QED) is 0.326. The molecule has 1 unspecified atom stereocenters. The van der Waals surface area contributed by atoms with Crippen LogP contribution in [-0.4, -0.2) is 56.9 Å². The summed E-state index contributed by atoms with van der Waals surface area (Å²) >= 11 is 0. The number of nitrogens with zero attached hydrogens (tertiary/aromatic N) is 3. The van der Waals surface area contributed by atoms with E-state index < -0.39 is 46.7 Å². The van der Waals surface area contributed by atoms with Crippen LogP contribution < -0.4 is 16.8 Å². The number of carboxylic acids is 1. The number of nitrogens with two attached hydrogens (primary N) is 2. The summed E-state index contributed by atoms with van der Waals surface area (Å²) < 4.78 is 72.0. The van der Waals surface area contributed by atoms with Gasteiger partial charge in [-0.3, -0.25) is 9.59 Å². The number of anilines is 1. The zero-order valence-electron chi connectivity index (χ0n) is 20.4. The van der Waals surface area contributed by atoms with Crippen LogP contribution in [0.5, 0.6) is 0 Å². The summed E-state index contributed by atoms with van der Waals surface area (Å²) in [6.45, 7) is 4.74. The Hall–Kier alpha value is -4.46. The van der Waals surface area contributed by atoms with Crippen molar-refractivity contribution in [3.63, 3.8) is 0 Å². The number of nitriles is 1. The molecule has 1 atom stereocenters. The minimum Gasteiger partial charge on any atom is -0.475 e. The number of carbonyl (C=O) groups excluding carboxylic acids is 2. The van der Waals surface area contributed by atoms with Gasteiger partial charge < -0.3 is 27.0 Å². The van der Waals surface area contributed by atoms with E-state index in [9.17, 15) is 41.0 Å². The number of nitrogens with one attached hydrogen (secondary N) is 1. The number of benzene rings is 1. The number of aryl methyl sites for hydroxylation is 1. The van der Waals surface area contributed by atoms with Gasteiger partial charge in [-0.2, -0.15) is 31.6 Å². The Balaban J connectivity index is 0.000000956. The number of hydrogen-bond acceptors (Lipinski definition) is 8. The van der Waals surface area contributed by atoms with Crippen LogP contribution >= 0.6 is 0 Å². The molecule has 0 aliphatic rings. The number of hydrogen-bond donors (Lipinski definition) is 5. The van der Waals surface area contributed by atoms with Crippen molar-refractivity contribution in [1.29, 1.82) is 5.26 Å². The minimum atomic E-state index is -5.38. The summed E-state index contributed by atoms with van der Waals surface area (Å²) in [5.74, 6) is -5.73. The van der Waals surface area contributed by atoms with Crippen molar-refractivity contribution < 1.29 is 50.9 Å². The summed E-state index contributed by atoms with van der Waals surface area (Å²) in [7, 11) is 0. The second-order valence-electron chi connectivity index (χ2n) is 8.57. The SMILES string of the molecule is Cc1ccc(C(O)(C(N)=O)C(F)(F)F)cc1-c1cnc(N)c(C(=O)NCC(C)(C)C#N)n1.O=C(O)C(F)(F)F. The molecule has 1 heterocycles. The number of aliphatic carboxylic acids is 1. The second kappa shape index (κ2) is 11.5. The minimum absolute atomic E-state index is 0.0145. The van der Waals surface area contributed by atoms with Gasteiger partial charge in [-0.25, -0.2) is 14.8 Å². The van der Waals surface area contributed by atoms with E-state index in [0.717, 1.165) is 18.3 Å². The normalized spacial score (nSPS) is 13.3. The Morgan fingerprint density at radius 3 is 2.10 bits per heavy atom. The standard InChI is InChI=1S/C20H21F3N6O3.C2HF3O2/c1-10-4-5-11(19(32,17(26)31)20(21,22)23)6-12(10)13-7-27-15(25)14(29-13)16(30)28-9-18(2,3)8-24;3-2(4,5)1(6)7/h4-7,32H,9H2,1-3H3,(H2,25,27)(H2,26,31)(H,28,30);(H,6,7). The molecular weight excluding hydrogens is 542 g/mol. The molecule has 1 aromatic heterocycles. The van der Waals surface area contributed by atoms with Gasteiger partial charge in [0.15, 0.2) is 11.5 Å². The smallest absolute Gasteiger partial charge is 0.475 e. The summed E-state index contributed by atoms with van der Waals surface area (Å²) in [4.78, 5) is 40.9. The van der Waals surface area contributed by atoms with E-state index in [4.69, 9.17) is 26.6 Å². The first-order valence-electron chi connectivity index (χ1n) is 10.4. The van der Waals surface area contributed by atoms with Crippen LogP contribution in [0.2, 0.25) is 0 Å². The zero-order valence-corrected chi connectivity index (χ0v) is 20.4. The Morgan fingerprint density at radius 1 is 1.13 bits per heavy atom. The van der Waals surface area contributed by atoms with Crippen LogP contribution in [-0.2, 0) is 15.2 Å². The molecule has 11 nitrogen and oxygen atoms in total. The molecule has 2 rings (SSSR count). The fourth-order valence-corrected chi connectivity index (χ4v) is 2.69. The Morgan fingerprint density at radius 2 is 1.67 bits per heavy atom. The van der Waals surface area contributed by atoms with Crippen molar-refractivity contribution in [2.24, 2.45) is 11.1 Å². The molecule has 7 N–H and O–H groups in total. The maximum absolute atomic E-state index is 13.4. The van der Waals surface area contributed by atoms with E-state index in [-0.39, 0.29) is 29.3 Å². The highest BCUT2D eigenvalue weighted by molar-refractivity contribution is 5.97. The molecular formula is C22H22F6N6O5. The van der Waals surface area contributed by atoms with E-state index in [2.05, 4.69) is 15.3 Å². The predicted octanol–water partition coefficient (Wildman–Crippen LogP) is 2.18. The molecule has 2 amide bonds. The number of halogens is 6. The average Bonchev–Trinajstić information content (AvgIpc) is 2.81. The third kappa shape index (κ3) is 7.77. The monoisotopic (exact) mass is 564 g/mol. The van der Waals surface area contributed by atoms with Crippen LogP contribution in [0.25, 0.3) is 11.3 Å². The van der Waals surface area contributed by atoms with Gasteiger partial charge in [0.25, 0.3) is 17.4 Å². The molecule has 0 fully saturated rings. The molecule has 0 aliphatic carbocycles. The molecule has 2 aromatic rings. The van der Waals surface area contributed by atoms with Gasteiger partial charge in [0.1, 0.15) is 0 Å². The lowest BCUT2D eigenvalue weighted by molar-refractivity contribution is -0.255. The lowest BCUT2D eigenvalue weighted by atomic mass is 9.89. The number of primary amides is 1. The van der Waals surface area contributed by atoms with Crippen molar-refractivity contribution >= 4 is 23.6 Å². The van der Waals surface area contributed by atoms with E-state index in [1.54, 1.807) is 20.8 Å². The summed E-state index contributed by atoms with van der Waals surface area (Å²) in [6, 6.07) is 5.06. The molecule has 0 bridgehead atoms. The number of carboxylic acid groups (broad SMARTS) is 1. The molecule has 0 radical (unpaired) electrons. The van der Waals surface area contributed by atoms with Gasteiger partial charge in [0, 0.05) is 17.7 Å². The third-order valence-electron chi connectivity index (χ3n) is 4.95. The van der Waals surface area contributed by atoms with Crippen LogP contribution in [0, 0.1) is 23.7 Å². The molecule has 0 aliphatic heterocycles. The Kier molecular flexibility index (Phi) is 9.61. The van der Waals surface area contributed by atoms with Gasteiger partial charge in [-0.05, 0) is 32.4 Å². The zero-order chi connectivity index (χ0) is 30.6. The van der Waals surface area contributed by atoms with Crippen molar-refractivity contribution in [3.8, 4) is 17.3 Å².